The van der Waals surface area contributed by atoms with Crippen molar-refractivity contribution in [3.63, 3.8) is 0 Å². The number of aryl methyl sites for hydroxylation is 2. The van der Waals surface area contributed by atoms with E-state index in [9.17, 15) is 4.79 Å². The fourth-order valence-electron chi connectivity index (χ4n) is 4.24. The summed E-state index contributed by atoms with van der Waals surface area (Å²) in [5, 5.41) is 7.61. The van der Waals surface area contributed by atoms with Gasteiger partial charge in [-0.05, 0) is 37.8 Å². The molecule has 3 heterocycles. The van der Waals surface area contributed by atoms with Gasteiger partial charge >= 0.3 is 0 Å². The highest BCUT2D eigenvalue weighted by Crippen LogP contribution is 2.36. The van der Waals surface area contributed by atoms with E-state index in [0.717, 1.165) is 31.0 Å². The second kappa shape index (κ2) is 8.89. The van der Waals surface area contributed by atoms with Crippen molar-refractivity contribution >= 4 is 22.8 Å². The van der Waals surface area contributed by atoms with Crippen molar-refractivity contribution in [3.8, 4) is 0 Å². The third-order valence-electron chi connectivity index (χ3n) is 6.11. The number of fused-ring (bicyclic) bond motifs is 3. The summed E-state index contributed by atoms with van der Waals surface area (Å²) in [5.41, 5.74) is 10.9. The van der Waals surface area contributed by atoms with E-state index in [4.69, 9.17) is 0 Å². The van der Waals surface area contributed by atoms with Gasteiger partial charge in [0.15, 0.2) is 5.17 Å². The SMILES string of the molecule is CCCCN(C)C(=O)CSC1=NNC2C3CC(c4cc(C)ccc4C)NN3C=CN12. The van der Waals surface area contributed by atoms with Crippen LogP contribution in [0, 0.1) is 13.8 Å². The molecule has 0 radical (unpaired) electrons. The van der Waals surface area contributed by atoms with E-state index in [1.165, 1.54) is 28.5 Å². The zero-order valence-corrected chi connectivity index (χ0v) is 19.1. The highest BCUT2D eigenvalue weighted by Gasteiger charge is 2.44. The minimum Gasteiger partial charge on any atom is -0.345 e. The van der Waals surface area contributed by atoms with Crippen molar-refractivity contribution in [3.05, 3.63) is 47.3 Å². The number of hydrazine groups is 1. The number of amides is 1. The van der Waals surface area contributed by atoms with Gasteiger partial charge in [-0.25, -0.2) is 5.43 Å². The van der Waals surface area contributed by atoms with Crippen molar-refractivity contribution in [2.75, 3.05) is 19.3 Å². The number of carbonyl (C=O) groups excluding carboxylic acids is 1. The number of rotatable bonds is 6. The molecule has 7 nitrogen and oxygen atoms in total. The Morgan fingerprint density at radius 2 is 2.17 bits per heavy atom. The van der Waals surface area contributed by atoms with Crippen LogP contribution < -0.4 is 10.9 Å². The Balaban J connectivity index is 1.37. The van der Waals surface area contributed by atoms with Crippen molar-refractivity contribution in [1.29, 1.82) is 0 Å². The van der Waals surface area contributed by atoms with Crippen molar-refractivity contribution in [2.45, 2.75) is 58.3 Å². The fraction of sp³-hybridized carbons (Fsp3) is 0.545. The summed E-state index contributed by atoms with van der Waals surface area (Å²) in [6.07, 6.45) is 7.35. The van der Waals surface area contributed by atoms with Gasteiger partial charge in [0.05, 0.1) is 17.8 Å². The molecule has 1 aromatic rings. The lowest BCUT2D eigenvalue weighted by atomic mass is 9.95. The third-order valence-corrected chi connectivity index (χ3v) is 7.06. The Bertz CT molecular complexity index is 856. The van der Waals surface area contributed by atoms with Crippen LogP contribution in [0.5, 0.6) is 0 Å². The van der Waals surface area contributed by atoms with Gasteiger partial charge in [-0.1, -0.05) is 48.9 Å². The zero-order chi connectivity index (χ0) is 21.3. The molecule has 3 aliphatic rings. The number of thioether (sulfide) groups is 1. The van der Waals surface area contributed by atoms with Crippen LogP contribution in [-0.2, 0) is 4.79 Å². The first-order valence-corrected chi connectivity index (χ1v) is 11.7. The Hall–Kier alpha value is -2.19. The Kier molecular flexibility index (Phi) is 6.24. The molecule has 1 saturated heterocycles. The van der Waals surface area contributed by atoms with Crippen LogP contribution in [0.1, 0.15) is 48.9 Å². The summed E-state index contributed by atoms with van der Waals surface area (Å²) < 4.78 is 0. The van der Waals surface area contributed by atoms with E-state index in [1.807, 2.05) is 11.9 Å². The van der Waals surface area contributed by atoms with Crippen LogP contribution in [0.25, 0.3) is 0 Å². The molecule has 8 heteroatoms. The molecular formula is C22H32N6OS. The lowest BCUT2D eigenvalue weighted by Crippen LogP contribution is -2.54. The average molecular weight is 429 g/mol. The smallest absolute Gasteiger partial charge is 0.232 e. The van der Waals surface area contributed by atoms with Gasteiger partial charge < -0.3 is 14.8 Å². The van der Waals surface area contributed by atoms with Gasteiger partial charge in [-0.2, -0.15) is 5.10 Å². The molecule has 0 bridgehead atoms. The van der Waals surface area contributed by atoms with Gasteiger partial charge in [0.25, 0.3) is 0 Å². The van der Waals surface area contributed by atoms with Gasteiger partial charge in [0, 0.05) is 26.0 Å². The van der Waals surface area contributed by atoms with E-state index in [-0.39, 0.29) is 24.2 Å². The Morgan fingerprint density at radius 3 is 2.97 bits per heavy atom. The maximum Gasteiger partial charge on any atom is 0.232 e. The molecular weight excluding hydrogens is 396 g/mol. The molecule has 162 valence electrons. The van der Waals surface area contributed by atoms with Gasteiger partial charge in [-0.3, -0.25) is 10.2 Å². The second-order valence-electron chi connectivity index (χ2n) is 8.38. The predicted octanol–water partition coefficient (Wildman–Crippen LogP) is 2.90. The van der Waals surface area contributed by atoms with Crippen LogP contribution in [0.4, 0.5) is 0 Å². The monoisotopic (exact) mass is 428 g/mol. The highest BCUT2D eigenvalue weighted by molar-refractivity contribution is 8.14. The Labute approximate surface area is 183 Å². The van der Waals surface area contributed by atoms with E-state index in [2.05, 4.69) is 77.2 Å². The standard InChI is InChI=1S/C22H32N6OS/c1-5-6-9-26(4)20(29)14-30-22-24-23-21-19-13-18(25-28(19)11-10-27(21)22)17-12-15(2)7-8-16(17)3/h7-8,10-12,18-19,21,23,25H,5-6,9,13-14H2,1-4H3. The first kappa shape index (κ1) is 21.1. The first-order chi connectivity index (χ1) is 14.5. The topological polar surface area (TPSA) is 63.2 Å². The number of hydrogen-bond donors (Lipinski definition) is 2. The van der Waals surface area contributed by atoms with Gasteiger partial charge in [0.1, 0.15) is 6.17 Å². The molecule has 3 unspecified atom stereocenters. The lowest BCUT2D eigenvalue weighted by molar-refractivity contribution is -0.127. The number of carbonyl (C=O) groups is 1. The van der Waals surface area contributed by atoms with Crippen molar-refractivity contribution in [2.24, 2.45) is 5.10 Å². The number of hydrazone groups is 1. The number of hydrogen-bond acceptors (Lipinski definition) is 7. The quantitative estimate of drug-likeness (QED) is 0.727. The summed E-state index contributed by atoms with van der Waals surface area (Å²) in [5.74, 6) is 0.565. The minimum atomic E-state index is 0.0769. The number of unbranched alkanes of at least 4 members (excludes halogenated alkanes) is 1. The zero-order valence-electron chi connectivity index (χ0n) is 18.3. The summed E-state index contributed by atoms with van der Waals surface area (Å²) in [7, 11) is 1.88. The molecule has 0 saturated carbocycles. The number of benzene rings is 1. The first-order valence-electron chi connectivity index (χ1n) is 10.8. The van der Waals surface area contributed by atoms with Crippen LogP contribution in [-0.4, -0.2) is 57.4 Å². The molecule has 0 aliphatic carbocycles. The molecule has 1 amide bonds. The van der Waals surface area contributed by atoms with E-state index in [0.29, 0.717) is 5.75 Å². The summed E-state index contributed by atoms with van der Waals surface area (Å²) in [6.45, 7) is 7.27. The average Bonchev–Trinajstić information content (AvgIpc) is 3.35. The molecule has 1 fully saturated rings. The molecule has 0 spiro atoms. The predicted molar refractivity (Wildman–Crippen MR) is 122 cm³/mol. The van der Waals surface area contributed by atoms with Crippen molar-refractivity contribution < 1.29 is 4.79 Å². The van der Waals surface area contributed by atoms with E-state index < -0.39 is 0 Å². The summed E-state index contributed by atoms with van der Waals surface area (Å²) in [4.78, 5) is 16.4. The van der Waals surface area contributed by atoms with Crippen LogP contribution in [0.3, 0.4) is 0 Å². The number of amidine groups is 1. The normalized spacial score (nSPS) is 24.4. The van der Waals surface area contributed by atoms with Gasteiger partial charge in [0.2, 0.25) is 5.91 Å². The lowest BCUT2D eigenvalue weighted by Gasteiger charge is -2.36. The molecule has 1 aromatic carbocycles. The maximum atomic E-state index is 12.4. The molecule has 0 aromatic heterocycles. The second-order valence-corrected chi connectivity index (χ2v) is 9.33. The minimum absolute atomic E-state index is 0.0769. The van der Waals surface area contributed by atoms with Crippen molar-refractivity contribution in [1.82, 2.24) is 25.7 Å². The van der Waals surface area contributed by atoms with Crippen LogP contribution in [0.15, 0.2) is 35.7 Å². The van der Waals surface area contributed by atoms with Crippen LogP contribution >= 0.6 is 11.8 Å². The molecule has 3 aliphatic heterocycles. The molecule has 4 rings (SSSR count). The van der Waals surface area contributed by atoms with Gasteiger partial charge in [-0.15, -0.1) is 0 Å². The maximum absolute atomic E-state index is 12.4. The van der Waals surface area contributed by atoms with E-state index in [1.54, 1.807) is 0 Å². The summed E-state index contributed by atoms with van der Waals surface area (Å²) >= 11 is 1.51. The third kappa shape index (κ3) is 4.16. The summed E-state index contributed by atoms with van der Waals surface area (Å²) in [6, 6.07) is 7.20. The van der Waals surface area contributed by atoms with E-state index >= 15 is 0 Å². The Morgan fingerprint density at radius 1 is 1.33 bits per heavy atom. The van der Waals surface area contributed by atoms with Crippen LogP contribution in [0.2, 0.25) is 0 Å². The number of nitrogens with zero attached hydrogens (tertiary/aromatic N) is 4. The molecule has 30 heavy (non-hydrogen) atoms. The number of nitrogens with one attached hydrogen (secondary N) is 2. The highest BCUT2D eigenvalue weighted by atomic mass is 32.2. The molecule has 3 atom stereocenters. The fourth-order valence-corrected chi connectivity index (χ4v) is 5.16. The molecule has 2 N–H and O–H groups in total. The largest absolute Gasteiger partial charge is 0.345 e.